The van der Waals surface area contributed by atoms with E-state index in [1.165, 1.54) is 25.7 Å². The highest BCUT2D eigenvalue weighted by Crippen LogP contribution is 2.33. The van der Waals surface area contributed by atoms with E-state index < -0.39 is 0 Å². The Labute approximate surface area is 129 Å². The van der Waals surface area contributed by atoms with Gasteiger partial charge >= 0.3 is 0 Å². The molecule has 1 saturated carbocycles. The Morgan fingerprint density at radius 2 is 1.81 bits per heavy atom. The van der Waals surface area contributed by atoms with Gasteiger partial charge in [-0.3, -0.25) is 0 Å². The first-order valence-electron chi connectivity index (χ1n) is 8.15. The summed E-state index contributed by atoms with van der Waals surface area (Å²) >= 11 is 0. The molecule has 0 heterocycles. The van der Waals surface area contributed by atoms with E-state index in [1.54, 1.807) is 0 Å². The van der Waals surface area contributed by atoms with E-state index in [1.807, 2.05) is 25.2 Å². The van der Waals surface area contributed by atoms with Crippen molar-refractivity contribution in [1.29, 1.82) is 0 Å². The van der Waals surface area contributed by atoms with Gasteiger partial charge in [-0.05, 0) is 30.9 Å². The van der Waals surface area contributed by atoms with Crippen LogP contribution >= 0.6 is 0 Å². The number of likely N-dealkylation sites (N-methyl/N-ethyl adjacent to an activating group) is 1. The minimum atomic E-state index is -0.0293. The van der Waals surface area contributed by atoms with E-state index >= 15 is 0 Å². The van der Waals surface area contributed by atoms with Crippen LogP contribution in [0.25, 0.3) is 0 Å². The molecule has 0 aliphatic heterocycles. The number of phenols is 1. The molecule has 2 unspecified atom stereocenters. The minimum absolute atomic E-state index is 0.0293. The van der Waals surface area contributed by atoms with Crippen LogP contribution in [0.15, 0.2) is 18.2 Å². The maximum absolute atomic E-state index is 10.5. The van der Waals surface area contributed by atoms with Gasteiger partial charge < -0.3 is 15.7 Å². The van der Waals surface area contributed by atoms with Crippen molar-refractivity contribution in [2.75, 3.05) is 7.05 Å². The summed E-state index contributed by atoms with van der Waals surface area (Å²) in [6.45, 7) is 7.14. The lowest BCUT2D eigenvalue weighted by Crippen LogP contribution is -2.48. The van der Waals surface area contributed by atoms with Crippen LogP contribution in [-0.2, 0) is 12.0 Å². The molecule has 21 heavy (non-hydrogen) atoms. The van der Waals surface area contributed by atoms with Crippen molar-refractivity contribution in [2.24, 2.45) is 0 Å². The summed E-state index contributed by atoms with van der Waals surface area (Å²) in [6, 6.07) is 7.14. The molecule has 1 fully saturated rings. The quantitative estimate of drug-likeness (QED) is 0.797. The fourth-order valence-corrected chi connectivity index (χ4v) is 3.30. The van der Waals surface area contributed by atoms with E-state index in [4.69, 9.17) is 0 Å². The molecule has 3 nitrogen and oxygen atoms in total. The summed E-state index contributed by atoms with van der Waals surface area (Å²) in [6.07, 6.45) is 5.06. The molecule has 0 radical (unpaired) electrons. The van der Waals surface area contributed by atoms with Gasteiger partial charge in [-0.1, -0.05) is 51.8 Å². The van der Waals surface area contributed by atoms with Crippen molar-refractivity contribution in [3.05, 3.63) is 29.3 Å². The lowest BCUT2D eigenvalue weighted by Gasteiger charge is -2.32. The number of phenolic OH excluding ortho intramolecular Hbond substituents is 1. The van der Waals surface area contributed by atoms with E-state index in [0.29, 0.717) is 17.8 Å². The highest BCUT2D eigenvalue weighted by molar-refractivity contribution is 5.43. The summed E-state index contributed by atoms with van der Waals surface area (Å²) < 4.78 is 0. The monoisotopic (exact) mass is 290 g/mol. The van der Waals surface area contributed by atoms with Gasteiger partial charge in [0.25, 0.3) is 0 Å². The van der Waals surface area contributed by atoms with Crippen molar-refractivity contribution in [3.8, 4) is 5.75 Å². The second kappa shape index (κ2) is 6.80. The standard InChI is InChI=1S/C18H30N2O/c1-18(2,3)14-9-7-8-13(17(14)21)12-20-16-11-6-5-10-15(16)19-4/h7-9,15-16,19-21H,5-6,10-12H2,1-4H3. The van der Waals surface area contributed by atoms with Crippen LogP contribution in [0.4, 0.5) is 0 Å². The predicted octanol–water partition coefficient (Wildman–Crippen LogP) is 3.31. The molecular weight excluding hydrogens is 260 g/mol. The third kappa shape index (κ3) is 3.98. The summed E-state index contributed by atoms with van der Waals surface area (Å²) in [5, 5.41) is 17.6. The molecule has 1 aliphatic carbocycles. The second-order valence-corrected chi connectivity index (χ2v) is 7.23. The third-order valence-electron chi connectivity index (χ3n) is 4.62. The largest absolute Gasteiger partial charge is 0.507 e. The van der Waals surface area contributed by atoms with Gasteiger partial charge in [0.15, 0.2) is 0 Å². The zero-order chi connectivity index (χ0) is 15.5. The minimum Gasteiger partial charge on any atom is -0.507 e. The molecule has 0 aromatic heterocycles. The second-order valence-electron chi connectivity index (χ2n) is 7.23. The topological polar surface area (TPSA) is 44.3 Å². The van der Waals surface area contributed by atoms with E-state index in [-0.39, 0.29) is 5.41 Å². The lowest BCUT2D eigenvalue weighted by molar-refractivity contribution is 0.293. The van der Waals surface area contributed by atoms with Crippen molar-refractivity contribution in [3.63, 3.8) is 0 Å². The normalized spacial score (nSPS) is 23.2. The molecule has 0 spiro atoms. The van der Waals surface area contributed by atoms with E-state index in [2.05, 4.69) is 31.4 Å². The summed E-state index contributed by atoms with van der Waals surface area (Å²) in [4.78, 5) is 0. The highest BCUT2D eigenvalue weighted by atomic mass is 16.3. The number of para-hydroxylation sites is 1. The molecule has 2 atom stereocenters. The van der Waals surface area contributed by atoms with Gasteiger partial charge in [-0.2, -0.15) is 0 Å². The van der Waals surface area contributed by atoms with Crippen LogP contribution in [0.5, 0.6) is 5.75 Å². The molecule has 1 aromatic carbocycles. The average molecular weight is 290 g/mol. The number of nitrogens with one attached hydrogen (secondary N) is 2. The zero-order valence-electron chi connectivity index (χ0n) is 13.9. The highest BCUT2D eigenvalue weighted by Gasteiger charge is 2.24. The first-order valence-corrected chi connectivity index (χ1v) is 8.15. The van der Waals surface area contributed by atoms with Crippen LogP contribution < -0.4 is 10.6 Å². The first-order chi connectivity index (χ1) is 9.93. The zero-order valence-corrected chi connectivity index (χ0v) is 13.9. The maximum atomic E-state index is 10.5. The molecular formula is C18H30N2O. The summed E-state index contributed by atoms with van der Waals surface area (Å²) in [7, 11) is 2.04. The Hall–Kier alpha value is -1.06. The number of hydrogen-bond donors (Lipinski definition) is 3. The van der Waals surface area contributed by atoms with Gasteiger partial charge in [0.05, 0.1) is 0 Å². The molecule has 1 aromatic rings. The summed E-state index contributed by atoms with van der Waals surface area (Å²) in [5.41, 5.74) is 2.00. The molecule has 3 heteroatoms. The van der Waals surface area contributed by atoms with Gasteiger partial charge in [0.2, 0.25) is 0 Å². The van der Waals surface area contributed by atoms with Crippen LogP contribution in [0, 0.1) is 0 Å². The predicted molar refractivity (Wildman–Crippen MR) is 88.8 cm³/mol. The molecule has 0 amide bonds. The van der Waals surface area contributed by atoms with Crippen LogP contribution in [0.1, 0.15) is 57.6 Å². The Balaban J connectivity index is 2.06. The average Bonchev–Trinajstić information content (AvgIpc) is 2.45. The fraction of sp³-hybridized carbons (Fsp3) is 0.667. The van der Waals surface area contributed by atoms with Gasteiger partial charge in [0, 0.05) is 24.2 Å². The molecule has 118 valence electrons. The SMILES string of the molecule is CNC1CCCCC1NCc1cccc(C(C)(C)C)c1O. The van der Waals surface area contributed by atoms with Crippen LogP contribution in [-0.4, -0.2) is 24.2 Å². The molecule has 2 rings (SSSR count). The Morgan fingerprint density at radius 1 is 1.14 bits per heavy atom. The van der Waals surface area contributed by atoms with Crippen molar-refractivity contribution >= 4 is 0 Å². The molecule has 3 N–H and O–H groups in total. The number of aromatic hydroxyl groups is 1. The van der Waals surface area contributed by atoms with E-state index in [9.17, 15) is 5.11 Å². The Morgan fingerprint density at radius 3 is 2.43 bits per heavy atom. The number of rotatable bonds is 4. The van der Waals surface area contributed by atoms with Crippen LogP contribution in [0.3, 0.4) is 0 Å². The number of hydrogen-bond acceptors (Lipinski definition) is 3. The van der Waals surface area contributed by atoms with Crippen molar-refractivity contribution in [1.82, 2.24) is 10.6 Å². The Kier molecular flexibility index (Phi) is 5.28. The first kappa shape index (κ1) is 16.3. The fourth-order valence-electron chi connectivity index (χ4n) is 3.30. The number of benzene rings is 1. The van der Waals surface area contributed by atoms with Gasteiger partial charge in [-0.25, -0.2) is 0 Å². The van der Waals surface area contributed by atoms with Gasteiger partial charge in [0.1, 0.15) is 5.75 Å². The smallest absolute Gasteiger partial charge is 0.123 e. The van der Waals surface area contributed by atoms with Crippen LogP contribution in [0.2, 0.25) is 0 Å². The van der Waals surface area contributed by atoms with Crippen molar-refractivity contribution < 1.29 is 5.11 Å². The molecule has 0 bridgehead atoms. The van der Waals surface area contributed by atoms with E-state index in [0.717, 1.165) is 17.7 Å². The van der Waals surface area contributed by atoms with Gasteiger partial charge in [-0.15, -0.1) is 0 Å². The molecule has 0 saturated heterocycles. The third-order valence-corrected chi connectivity index (χ3v) is 4.62. The van der Waals surface area contributed by atoms with Crippen molar-refractivity contribution in [2.45, 2.75) is 70.5 Å². The lowest BCUT2D eigenvalue weighted by atomic mass is 9.85. The molecule has 1 aliphatic rings. The Bertz CT molecular complexity index is 465. The summed E-state index contributed by atoms with van der Waals surface area (Å²) in [5.74, 6) is 0.453. The maximum Gasteiger partial charge on any atom is 0.123 e.